The number of carbonyl (C=O) groups is 1. The van der Waals surface area contributed by atoms with Crippen molar-refractivity contribution in [1.29, 1.82) is 0 Å². The summed E-state index contributed by atoms with van der Waals surface area (Å²) in [5, 5.41) is 13.4. The molecule has 1 unspecified atom stereocenters. The van der Waals surface area contributed by atoms with Gasteiger partial charge in [0.2, 0.25) is 0 Å². The van der Waals surface area contributed by atoms with Crippen molar-refractivity contribution in [2.24, 2.45) is 5.73 Å². The highest BCUT2D eigenvalue weighted by Crippen LogP contribution is 2.28. The summed E-state index contributed by atoms with van der Waals surface area (Å²) >= 11 is 1.73. The van der Waals surface area contributed by atoms with Gasteiger partial charge in [0.15, 0.2) is 8.07 Å². The van der Waals surface area contributed by atoms with Gasteiger partial charge in [-0.2, -0.15) is 11.8 Å². The molecule has 0 fully saturated rings. The molecule has 0 aliphatic rings. The average molecular weight is 436 g/mol. The highest BCUT2D eigenvalue weighted by atomic mass is 32.2. The first kappa shape index (κ1) is 22.3. The molecule has 3 rings (SSSR count). The SMILES string of the molecule is CCCC(SC[C@H](N)C(=O)O)[Si](c1ccccc1)(c1ccccc1)c1ccccc1. The van der Waals surface area contributed by atoms with Crippen LogP contribution in [0.25, 0.3) is 0 Å². The molecule has 3 aromatic rings. The number of rotatable bonds is 10. The summed E-state index contributed by atoms with van der Waals surface area (Å²) in [6, 6.07) is 31.4. The average Bonchev–Trinajstić information content (AvgIpc) is 2.80. The van der Waals surface area contributed by atoms with Gasteiger partial charge in [0.1, 0.15) is 6.04 Å². The van der Waals surface area contributed by atoms with Crippen LogP contribution in [0.15, 0.2) is 91.0 Å². The number of nitrogens with two attached hydrogens (primary N) is 1. The number of hydrogen-bond donors (Lipinski definition) is 2. The van der Waals surface area contributed by atoms with Crippen molar-refractivity contribution in [3.63, 3.8) is 0 Å². The Balaban J connectivity index is 2.24. The summed E-state index contributed by atoms with van der Waals surface area (Å²) in [4.78, 5) is 11.7. The first-order valence-corrected chi connectivity index (χ1v) is 13.5. The molecular weight excluding hydrogens is 406 g/mol. The minimum atomic E-state index is -2.46. The minimum absolute atomic E-state index is 0.264. The first-order valence-electron chi connectivity index (χ1n) is 10.4. The predicted octanol–water partition coefficient (Wildman–Crippen LogP) is 3.01. The Kier molecular flexibility index (Phi) is 7.91. The molecule has 156 valence electrons. The summed E-state index contributed by atoms with van der Waals surface area (Å²) in [5.74, 6) is -0.537. The Labute approximate surface area is 184 Å². The molecule has 0 heterocycles. The molecule has 0 radical (unpaired) electrons. The van der Waals surface area contributed by atoms with Crippen LogP contribution in [0.2, 0.25) is 0 Å². The zero-order valence-electron chi connectivity index (χ0n) is 17.3. The topological polar surface area (TPSA) is 63.3 Å². The van der Waals surface area contributed by atoms with Gasteiger partial charge in [0, 0.05) is 10.6 Å². The minimum Gasteiger partial charge on any atom is -0.480 e. The summed E-state index contributed by atoms with van der Waals surface area (Å²) in [6.45, 7) is 2.20. The van der Waals surface area contributed by atoms with E-state index < -0.39 is 20.1 Å². The number of carboxylic acid groups (broad SMARTS) is 1. The van der Waals surface area contributed by atoms with Crippen molar-refractivity contribution in [3.05, 3.63) is 91.0 Å². The van der Waals surface area contributed by atoms with E-state index in [1.807, 2.05) is 0 Å². The second kappa shape index (κ2) is 10.6. The Morgan fingerprint density at radius 2 is 1.27 bits per heavy atom. The molecule has 0 aliphatic carbocycles. The fraction of sp³-hybridized carbons (Fsp3) is 0.240. The van der Waals surface area contributed by atoms with Crippen LogP contribution in [0.5, 0.6) is 0 Å². The summed E-state index contributed by atoms with van der Waals surface area (Å²) in [6.07, 6.45) is 2.03. The largest absolute Gasteiger partial charge is 0.480 e. The number of thioether (sulfide) groups is 1. The lowest BCUT2D eigenvalue weighted by atomic mass is 10.3. The molecule has 5 heteroatoms. The van der Waals surface area contributed by atoms with Crippen LogP contribution in [-0.2, 0) is 4.79 Å². The zero-order chi connectivity index (χ0) is 21.4. The smallest absolute Gasteiger partial charge is 0.321 e. The van der Waals surface area contributed by atoms with E-state index in [9.17, 15) is 9.90 Å². The van der Waals surface area contributed by atoms with E-state index in [0.717, 1.165) is 12.8 Å². The number of benzene rings is 3. The Bertz CT molecular complexity index is 825. The normalized spacial score (nSPS) is 13.5. The molecule has 3 N–H and O–H groups in total. The predicted molar refractivity (Wildman–Crippen MR) is 131 cm³/mol. The highest BCUT2D eigenvalue weighted by molar-refractivity contribution is 8.02. The molecule has 3 aromatic carbocycles. The van der Waals surface area contributed by atoms with E-state index >= 15 is 0 Å². The van der Waals surface area contributed by atoms with Gasteiger partial charge in [0.25, 0.3) is 0 Å². The third-order valence-electron chi connectivity index (χ3n) is 5.52. The van der Waals surface area contributed by atoms with Crippen molar-refractivity contribution >= 4 is 41.4 Å². The van der Waals surface area contributed by atoms with Crippen LogP contribution < -0.4 is 21.3 Å². The molecule has 2 atom stereocenters. The quantitative estimate of drug-likeness (QED) is 0.380. The number of hydrogen-bond acceptors (Lipinski definition) is 3. The molecule has 0 spiro atoms. The van der Waals surface area contributed by atoms with Crippen LogP contribution in [0.1, 0.15) is 19.8 Å². The molecule has 0 bridgehead atoms. The molecule has 0 aliphatic heterocycles. The third-order valence-corrected chi connectivity index (χ3v) is 13.3. The highest BCUT2D eigenvalue weighted by Gasteiger charge is 2.46. The van der Waals surface area contributed by atoms with Crippen LogP contribution in [0.4, 0.5) is 0 Å². The first-order chi connectivity index (χ1) is 14.6. The second-order valence-corrected chi connectivity index (χ2v) is 13.2. The van der Waals surface area contributed by atoms with E-state index in [1.165, 1.54) is 15.6 Å². The fourth-order valence-corrected chi connectivity index (χ4v) is 12.6. The Morgan fingerprint density at radius 3 is 1.60 bits per heavy atom. The van der Waals surface area contributed by atoms with Gasteiger partial charge in [0.05, 0.1) is 0 Å². The lowest BCUT2D eigenvalue weighted by molar-refractivity contribution is -0.137. The maximum atomic E-state index is 11.4. The zero-order valence-corrected chi connectivity index (χ0v) is 19.1. The van der Waals surface area contributed by atoms with Crippen molar-refractivity contribution in [2.75, 3.05) is 5.75 Å². The molecular formula is C25H29NO2SSi. The maximum Gasteiger partial charge on any atom is 0.321 e. The lowest BCUT2D eigenvalue weighted by Crippen LogP contribution is -2.73. The van der Waals surface area contributed by atoms with Gasteiger partial charge in [-0.3, -0.25) is 4.79 Å². The van der Waals surface area contributed by atoms with Crippen LogP contribution >= 0.6 is 11.8 Å². The lowest BCUT2D eigenvalue weighted by Gasteiger charge is -2.40. The van der Waals surface area contributed by atoms with Gasteiger partial charge >= 0.3 is 5.97 Å². The number of carboxylic acids is 1. The van der Waals surface area contributed by atoms with E-state index in [4.69, 9.17) is 5.73 Å². The second-order valence-electron chi connectivity index (χ2n) is 7.46. The van der Waals surface area contributed by atoms with Crippen molar-refractivity contribution in [2.45, 2.75) is 30.7 Å². The van der Waals surface area contributed by atoms with E-state index in [1.54, 1.807) is 11.8 Å². The van der Waals surface area contributed by atoms with Gasteiger partial charge in [-0.25, -0.2) is 0 Å². The van der Waals surface area contributed by atoms with Crippen LogP contribution in [0.3, 0.4) is 0 Å². The fourth-order valence-electron chi connectivity index (χ4n) is 4.14. The van der Waals surface area contributed by atoms with E-state index in [0.29, 0.717) is 5.75 Å². The molecule has 0 saturated heterocycles. The summed E-state index contributed by atoms with van der Waals surface area (Å²) in [7, 11) is -2.46. The Morgan fingerprint density at radius 1 is 0.867 bits per heavy atom. The van der Waals surface area contributed by atoms with Crippen LogP contribution in [0, 0.1) is 0 Å². The van der Waals surface area contributed by atoms with E-state index in [-0.39, 0.29) is 4.87 Å². The molecule has 3 nitrogen and oxygen atoms in total. The molecule has 0 amide bonds. The van der Waals surface area contributed by atoms with Gasteiger partial charge in [-0.1, -0.05) is 104 Å². The number of aliphatic carboxylic acids is 1. The third kappa shape index (κ3) is 4.69. The molecule has 0 aromatic heterocycles. The standard InChI is InChI=1S/C25H29NO2SSi/c1-2-12-24(29-19-23(26)25(27)28)30(20-13-6-3-7-14-20,21-15-8-4-9-16-21)22-17-10-5-11-18-22/h3-11,13-18,23-24H,2,12,19,26H2,1H3,(H,27,28)/t23-,24?/m0/s1. The van der Waals surface area contributed by atoms with Crippen molar-refractivity contribution < 1.29 is 9.90 Å². The maximum absolute atomic E-state index is 11.4. The molecule has 0 saturated carbocycles. The monoisotopic (exact) mass is 435 g/mol. The van der Waals surface area contributed by atoms with Gasteiger partial charge in [-0.05, 0) is 22.0 Å². The van der Waals surface area contributed by atoms with Crippen molar-refractivity contribution in [3.8, 4) is 0 Å². The van der Waals surface area contributed by atoms with Gasteiger partial charge in [-0.15, -0.1) is 0 Å². The van der Waals surface area contributed by atoms with Gasteiger partial charge < -0.3 is 10.8 Å². The Hall–Kier alpha value is -2.34. The van der Waals surface area contributed by atoms with Crippen molar-refractivity contribution in [1.82, 2.24) is 0 Å². The molecule has 30 heavy (non-hydrogen) atoms. The van der Waals surface area contributed by atoms with E-state index in [2.05, 4.69) is 97.9 Å². The van der Waals surface area contributed by atoms with Crippen LogP contribution in [-0.4, -0.2) is 35.8 Å². The summed E-state index contributed by atoms with van der Waals surface area (Å²) < 4.78 is 0. The summed E-state index contributed by atoms with van der Waals surface area (Å²) in [5.41, 5.74) is 5.92.